The van der Waals surface area contributed by atoms with Gasteiger partial charge in [-0.15, -0.1) is 0 Å². The number of aliphatic hydroxyl groups excluding tert-OH is 1. The monoisotopic (exact) mass is 328 g/mol. The zero-order chi connectivity index (χ0) is 15.9. The van der Waals surface area contributed by atoms with Crippen LogP contribution in [0, 0.1) is 0 Å². The summed E-state index contributed by atoms with van der Waals surface area (Å²) >= 11 is 1.46. The lowest BCUT2D eigenvalue weighted by Gasteiger charge is -2.10. The smallest absolute Gasteiger partial charge is 0.272 e. The van der Waals surface area contributed by atoms with Crippen LogP contribution in [-0.2, 0) is 0 Å². The Morgan fingerprint density at radius 1 is 1.41 bits per heavy atom. The summed E-state index contributed by atoms with van der Waals surface area (Å²) in [5, 5.41) is 16.1. The summed E-state index contributed by atoms with van der Waals surface area (Å²) in [7, 11) is 0. The van der Waals surface area contributed by atoms with Gasteiger partial charge in [0, 0.05) is 18.8 Å². The molecule has 2 heterocycles. The molecule has 2 aromatic rings. The van der Waals surface area contributed by atoms with E-state index in [1.54, 1.807) is 11.4 Å². The largest absolute Gasteiger partial charge is 0.472 e. The molecule has 0 aliphatic carbocycles. The molecule has 0 spiro atoms. The number of ether oxygens (including phenoxy) is 1. The number of aromatic nitrogens is 1. The van der Waals surface area contributed by atoms with Crippen molar-refractivity contribution in [3.05, 3.63) is 46.3 Å². The van der Waals surface area contributed by atoms with Gasteiger partial charge in [0.15, 0.2) is 6.61 Å². The van der Waals surface area contributed by atoms with Gasteiger partial charge in [0.25, 0.3) is 12.3 Å². The number of hydrogen-bond donors (Lipinski definition) is 2. The number of aliphatic hydroxyl groups is 1. The van der Waals surface area contributed by atoms with Crippen LogP contribution in [0.15, 0.2) is 35.2 Å². The topological polar surface area (TPSA) is 71.5 Å². The fourth-order valence-corrected chi connectivity index (χ4v) is 2.33. The van der Waals surface area contributed by atoms with E-state index in [1.807, 2.05) is 5.38 Å². The summed E-state index contributed by atoms with van der Waals surface area (Å²) in [5.41, 5.74) is 0.987. The molecular formula is C14H14F2N2O3S. The highest BCUT2D eigenvalue weighted by Crippen LogP contribution is 2.15. The van der Waals surface area contributed by atoms with E-state index in [0.29, 0.717) is 0 Å². The quantitative estimate of drug-likeness (QED) is 0.818. The summed E-state index contributed by atoms with van der Waals surface area (Å²) in [6.07, 6.45) is -2.13. The van der Waals surface area contributed by atoms with E-state index in [9.17, 15) is 18.7 Å². The van der Waals surface area contributed by atoms with Gasteiger partial charge in [0.05, 0.1) is 11.7 Å². The third-order valence-corrected chi connectivity index (χ3v) is 3.44. The second-order valence-electron chi connectivity index (χ2n) is 4.37. The molecule has 1 amide bonds. The molecule has 118 valence electrons. The summed E-state index contributed by atoms with van der Waals surface area (Å²) in [6.45, 7) is -0.676. The molecule has 0 saturated carbocycles. The molecule has 0 bridgehead atoms. The van der Waals surface area contributed by atoms with Crippen molar-refractivity contribution in [2.24, 2.45) is 0 Å². The van der Waals surface area contributed by atoms with Crippen LogP contribution in [-0.4, -0.2) is 35.6 Å². The Hall–Kier alpha value is -2.06. The van der Waals surface area contributed by atoms with Gasteiger partial charge in [-0.25, -0.2) is 13.8 Å². The maximum Gasteiger partial charge on any atom is 0.272 e. The van der Waals surface area contributed by atoms with Crippen LogP contribution in [0.5, 0.6) is 5.88 Å². The number of hydrogen-bond acceptors (Lipinski definition) is 5. The van der Waals surface area contributed by atoms with Crippen molar-refractivity contribution in [1.82, 2.24) is 10.3 Å². The number of pyridine rings is 1. The maximum absolute atomic E-state index is 12.0. The van der Waals surface area contributed by atoms with Crippen molar-refractivity contribution >= 4 is 17.2 Å². The van der Waals surface area contributed by atoms with Crippen LogP contribution >= 0.6 is 11.3 Å². The van der Waals surface area contributed by atoms with Crippen LogP contribution in [0.3, 0.4) is 0 Å². The minimum Gasteiger partial charge on any atom is -0.472 e. The summed E-state index contributed by atoms with van der Waals surface area (Å²) < 4.78 is 28.7. The lowest BCUT2D eigenvalue weighted by Crippen LogP contribution is -2.28. The summed E-state index contributed by atoms with van der Waals surface area (Å²) in [4.78, 5) is 15.6. The molecule has 2 N–H and O–H groups in total. The number of nitrogens with zero attached hydrogens (tertiary/aromatic N) is 1. The number of rotatable bonds is 7. The second-order valence-corrected chi connectivity index (χ2v) is 5.15. The van der Waals surface area contributed by atoms with E-state index in [1.165, 1.54) is 29.7 Å². The Bertz CT molecular complexity index is 591. The third kappa shape index (κ3) is 4.74. The highest BCUT2D eigenvalue weighted by atomic mass is 32.1. The highest BCUT2D eigenvalue weighted by molar-refractivity contribution is 7.07. The first-order valence-corrected chi connectivity index (χ1v) is 7.36. The van der Waals surface area contributed by atoms with Crippen molar-refractivity contribution in [2.75, 3.05) is 13.2 Å². The molecule has 0 aliphatic heterocycles. The first kappa shape index (κ1) is 16.3. The molecular weight excluding hydrogens is 314 g/mol. The second kappa shape index (κ2) is 7.81. The van der Waals surface area contributed by atoms with Gasteiger partial charge in [-0.3, -0.25) is 4.79 Å². The SMILES string of the molecule is O=C(NCC(O)c1ccsc1)c1ccc(OCC(F)F)nc1. The van der Waals surface area contributed by atoms with Gasteiger partial charge in [0.1, 0.15) is 0 Å². The number of halogens is 2. The minimum absolute atomic E-state index is 0.0233. The van der Waals surface area contributed by atoms with Gasteiger partial charge in [-0.2, -0.15) is 11.3 Å². The summed E-state index contributed by atoms with van der Waals surface area (Å²) in [6, 6.07) is 4.53. The Balaban J connectivity index is 1.84. The zero-order valence-corrected chi connectivity index (χ0v) is 12.2. The van der Waals surface area contributed by atoms with E-state index in [2.05, 4.69) is 10.3 Å². The van der Waals surface area contributed by atoms with Crippen LogP contribution < -0.4 is 10.1 Å². The van der Waals surface area contributed by atoms with Gasteiger partial charge in [-0.1, -0.05) is 0 Å². The van der Waals surface area contributed by atoms with Gasteiger partial charge in [-0.05, 0) is 28.5 Å². The van der Waals surface area contributed by atoms with Crippen LogP contribution in [0.2, 0.25) is 0 Å². The van der Waals surface area contributed by atoms with Gasteiger partial charge >= 0.3 is 0 Å². The first-order valence-electron chi connectivity index (χ1n) is 6.41. The molecule has 0 aromatic carbocycles. The van der Waals surface area contributed by atoms with Crippen molar-refractivity contribution in [1.29, 1.82) is 0 Å². The van der Waals surface area contributed by atoms with Gasteiger partial charge < -0.3 is 15.2 Å². The van der Waals surface area contributed by atoms with E-state index in [-0.39, 0.29) is 18.0 Å². The van der Waals surface area contributed by atoms with Crippen molar-refractivity contribution in [3.8, 4) is 5.88 Å². The first-order chi connectivity index (χ1) is 10.6. The predicted molar refractivity (Wildman–Crippen MR) is 77.3 cm³/mol. The molecule has 22 heavy (non-hydrogen) atoms. The molecule has 0 saturated heterocycles. The van der Waals surface area contributed by atoms with Crippen LogP contribution in [0.25, 0.3) is 0 Å². The number of carbonyl (C=O) groups is 1. The lowest BCUT2D eigenvalue weighted by atomic mass is 10.2. The number of thiophene rings is 1. The molecule has 2 aromatic heterocycles. The Kier molecular flexibility index (Phi) is 5.79. The molecule has 0 aliphatic rings. The Labute approximate surface area is 129 Å². The molecule has 1 atom stereocenters. The van der Waals surface area contributed by atoms with Crippen molar-refractivity contribution in [3.63, 3.8) is 0 Å². The zero-order valence-electron chi connectivity index (χ0n) is 11.4. The number of carbonyl (C=O) groups excluding carboxylic acids is 1. The molecule has 8 heteroatoms. The van der Waals surface area contributed by atoms with Crippen molar-refractivity contribution in [2.45, 2.75) is 12.5 Å². The van der Waals surface area contributed by atoms with E-state index in [0.717, 1.165) is 5.56 Å². The normalized spacial score (nSPS) is 12.2. The van der Waals surface area contributed by atoms with Crippen LogP contribution in [0.1, 0.15) is 22.0 Å². The highest BCUT2D eigenvalue weighted by Gasteiger charge is 2.12. The summed E-state index contributed by atoms with van der Waals surface area (Å²) in [5.74, 6) is -0.391. The van der Waals surface area contributed by atoms with E-state index >= 15 is 0 Å². The molecule has 1 unspecified atom stereocenters. The molecule has 5 nitrogen and oxygen atoms in total. The number of amides is 1. The average Bonchev–Trinajstić information content (AvgIpc) is 3.05. The van der Waals surface area contributed by atoms with E-state index in [4.69, 9.17) is 4.74 Å². The Morgan fingerprint density at radius 2 is 2.23 bits per heavy atom. The molecule has 0 radical (unpaired) electrons. The predicted octanol–water partition coefficient (Wildman–Crippen LogP) is 2.25. The standard InChI is InChI=1S/C14H14F2N2O3S/c15-12(16)7-21-13-2-1-9(5-17-13)14(20)18-6-11(19)10-3-4-22-8-10/h1-5,8,11-12,19H,6-7H2,(H,18,20). The fraction of sp³-hybridized carbons (Fsp3) is 0.286. The fourth-order valence-electron chi connectivity index (χ4n) is 1.62. The number of alkyl halides is 2. The maximum atomic E-state index is 12.0. The minimum atomic E-state index is -2.58. The van der Waals surface area contributed by atoms with Crippen LogP contribution in [0.4, 0.5) is 8.78 Å². The van der Waals surface area contributed by atoms with Gasteiger partial charge in [0.2, 0.25) is 5.88 Å². The molecule has 0 fully saturated rings. The van der Waals surface area contributed by atoms with E-state index < -0.39 is 25.0 Å². The number of nitrogens with one attached hydrogen (secondary N) is 1. The lowest BCUT2D eigenvalue weighted by molar-refractivity contribution is 0.0794. The molecule has 2 rings (SSSR count). The average molecular weight is 328 g/mol. The third-order valence-electron chi connectivity index (χ3n) is 2.74. The van der Waals surface area contributed by atoms with Crippen molar-refractivity contribution < 1.29 is 23.4 Å². The Morgan fingerprint density at radius 3 is 2.82 bits per heavy atom.